The third-order valence-corrected chi connectivity index (χ3v) is 2.67. The molecule has 18 heavy (non-hydrogen) atoms. The van der Waals surface area contributed by atoms with Gasteiger partial charge in [-0.15, -0.1) is 0 Å². The minimum atomic E-state index is -0.457. The van der Waals surface area contributed by atoms with Crippen LogP contribution in [0.4, 0.5) is 11.4 Å². The van der Waals surface area contributed by atoms with Crippen LogP contribution in [0.3, 0.4) is 0 Å². The zero-order valence-corrected chi connectivity index (χ0v) is 10.5. The Labute approximate surface area is 106 Å². The molecule has 1 aromatic carbocycles. The molecule has 0 aliphatic heterocycles. The van der Waals surface area contributed by atoms with E-state index in [1.807, 2.05) is 6.92 Å². The lowest BCUT2D eigenvalue weighted by Gasteiger charge is -2.10. The Hall–Kier alpha value is -1.82. The number of benzene rings is 1. The molecule has 0 bridgehead atoms. The van der Waals surface area contributed by atoms with Crippen LogP contribution in [0.2, 0.25) is 0 Å². The van der Waals surface area contributed by atoms with E-state index in [0.29, 0.717) is 30.8 Å². The molecule has 0 saturated carbocycles. The van der Waals surface area contributed by atoms with Gasteiger partial charge >= 0.3 is 0 Å². The maximum absolute atomic E-state index is 10.9. The average Bonchev–Trinajstić information content (AvgIpc) is 2.38. The number of nitro benzene ring substituents is 1. The standard InChI is InChI=1S/C12H18N2O4/c1-3-9(15)6-7-13-11-5-4-10(18-2)8-12(11)14(16)17/h4-5,8-9,13,15H,3,6-7H2,1-2H3. The molecule has 0 aliphatic carbocycles. The smallest absolute Gasteiger partial charge is 0.296 e. The van der Waals surface area contributed by atoms with Crippen LogP contribution in [0.15, 0.2) is 18.2 Å². The second-order valence-corrected chi connectivity index (χ2v) is 3.92. The van der Waals surface area contributed by atoms with Crippen LogP contribution in [0, 0.1) is 10.1 Å². The molecule has 2 N–H and O–H groups in total. The van der Waals surface area contributed by atoms with Gasteiger partial charge in [0.25, 0.3) is 5.69 Å². The van der Waals surface area contributed by atoms with Crippen LogP contribution >= 0.6 is 0 Å². The molecule has 1 rings (SSSR count). The highest BCUT2D eigenvalue weighted by Crippen LogP contribution is 2.28. The van der Waals surface area contributed by atoms with Crippen molar-refractivity contribution in [2.75, 3.05) is 19.0 Å². The van der Waals surface area contributed by atoms with Crippen molar-refractivity contribution in [2.24, 2.45) is 0 Å². The van der Waals surface area contributed by atoms with Crippen LogP contribution in [0.1, 0.15) is 19.8 Å². The Morgan fingerprint density at radius 3 is 2.83 bits per heavy atom. The number of nitrogens with one attached hydrogen (secondary N) is 1. The number of aliphatic hydroxyl groups excluding tert-OH is 1. The summed E-state index contributed by atoms with van der Waals surface area (Å²) in [5.41, 5.74) is 0.407. The molecule has 0 amide bonds. The zero-order chi connectivity index (χ0) is 13.5. The number of anilines is 1. The lowest BCUT2D eigenvalue weighted by molar-refractivity contribution is -0.384. The van der Waals surface area contributed by atoms with Gasteiger partial charge in [0.15, 0.2) is 0 Å². The zero-order valence-electron chi connectivity index (χ0n) is 10.5. The van der Waals surface area contributed by atoms with Crippen LogP contribution in [-0.2, 0) is 0 Å². The van der Waals surface area contributed by atoms with Gasteiger partial charge in [0, 0.05) is 6.54 Å². The van der Waals surface area contributed by atoms with Crippen LogP contribution in [-0.4, -0.2) is 29.8 Å². The van der Waals surface area contributed by atoms with Crippen LogP contribution < -0.4 is 10.1 Å². The van der Waals surface area contributed by atoms with Crippen molar-refractivity contribution in [1.29, 1.82) is 0 Å². The van der Waals surface area contributed by atoms with E-state index < -0.39 is 4.92 Å². The molecule has 6 heteroatoms. The fourth-order valence-corrected chi connectivity index (χ4v) is 1.52. The summed E-state index contributed by atoms with van der Waals surface area (Å²) in [5.74, 6) is 0.445. The molecule has 1 atom stereocenters. The van der Waals surface area contributed by atoms with E-state index in [-0.39, 0.29) is 11.8 Å². The SMILES string of the molecule is CCC(O)CCNc1ccc(OC)cc1[N+](=O)[O-]. The molecule has 6 nitrogen and oxygen atoms in total. The second-order valence-electron chi connectivity index (χ2n) is 3.92. The lowest BCUT2D eigenvalue weighted by Crippen LogP contribution is -2.12. The van der Waals surface area contributed by atoms with Gasteiger partial charge in [-0.05, 0) is 25.0 Å². The van der Waals surface area contributed by atoms with Gasteiger partial charge in [-0.2, -0.15) is 0 Å². The molecule has 0 saturated heterocycles. The maximum atomic E-state index is 10.9. The summed E-state index contributed by atoms with van der Waals surface area (Å²) in [6, 6.07) is 4.64. The van der Waals surface area contributed by atoms with E-state index in [1.54, 1.807) is 12.1 Å². The summed E-state index contributed by atoms with van der Waals surface area (Å²) < 4.78 is 4.95. The Kier molecular flexibility index (Phi) is 5.38. The monoisotopic (exact) mass is 254 g/mol. The van der Waals surface area contributed by atoms with Crippen molar-refractivity contribution < 1.29 is 14.8 Å². The predicted molar refractivity (Wildman–Crippen MR) is 69.1 cm³/mol. The van der Waals surface area contributed by atoms with E-state index in [4.69, 9.17) is 4.74 Å². The number of nitro groups is 1. The Bertz CT molecular complexity index is 409. The summed E-state index contributed by atoms with van der Waals surface area (Å²) in [6.45, 7) is 2.38. The minimum Gasteiger partial charge on any atom is -0.496 e. The summed E-state index contributed by atoms with van der Waals surface area (Å²) in [6.07, 6.45) is 0.848. The van der Waals surface area contributed by atoms with Crippen molar-refractivity contribution in [1.82, 2.24) is 0 Å². The Morgan fingerprint density at radius 1 is 1.56 bits per heavy atom. The minimum absolute atomic E-state index is 0.0275. The molecule has 0 spiro atoms. The van der Waals surface area contributed by atoms with Crippen molar-refractivity contribution in [2.45, 2.75) is 25.9 Å². The fraction of sp³-hybridized carbons (Fsp3) is 0.500. The molecule has 1 aromatic rings. The van der Waals surface area contributed by atoms with E-state index in [0.717, 1.165) is 0 Å². The second kappa shape index (κ2) is 6.80. The van der Waals surface area contributed by atoms with Gasteiger partial charge in [-0.25, -0.2) is 0 Å². The normalized spacial score (nSPS) is 11.9. The van der Waals surface area contributed by atoms with Crippen molar-refractivity contribution >= 4 is 11.4 Å². The summed E-state index contributed by atoms with van der Waals surface area (Å²) in [4.78, 5) is 10.4. The Morgan fingerprint density at radius 2 is 2.28 bits per heavy atom. The molecular formula is C12H18N2O4. The first-order valence-electron chi connectivity index (χ1n) is 5.82. The van der Waals surface area contributed by atoms with Gasteiger partial charge in [-0.3, -0.25) is 10.1 Å². The first-order valence-corrected chi connectivity index (χ1v) is 5.82. The Balaban J connectivity index is 2.72. The number of ether oxygens (including phenoxy) is 1. The van der Waals surface area contributed by atoms with Gasteiger partial charge in [-0.1, -0.05) is 6.92 Å². The number of hydrogen-bond acceptors (Lipinski definition) is 5. The first-order chi connectivity index (χ1) is 8.58. The molecule has 1 unspecified atom stereocenters. The first kappa shape index (κ1) is 14.2. The highest BCUT2D eigenvalue weighted by Gasteiger charge is 2.14. The molecular weight excluding hydrogens is 236 g/mol. The number of methoxy groups -OCH3 is 1. The third-order valence-electron chi connectivity index (χ3n) is 2.67. The summed E-state index contributed by atoms with van der Waals surface area (Å²) >= 11 is 0. The third kappa shape index (κ3) is 3.89. The summed E-state index contributed by atoms with van der Waals surface area (Å²) in [7, 11) is 1.46. The van der Waals surface area contributed by atoms with Gasteiger partial charge in [0.05, 0.1) is 24.2 Å². The van der Waals surface area contributed by atoms with E-state index in [9.17, 15) is 15.2 Å². The van der Waals surface area contributed by atoms with Gasteiger partial charge in [0.1, 0.15) is 11.4 Å². The predicted octanol–water partition coefficient (Wildman–Crippen LogP) is 2.18. The molecule has 0 heterocycles. The topological polar surface area (TPSA) is 84.6 Å². The number of rotatable bonds is 7. The molecule has 0 aromatic heterocycles. The highest BCUT2D eigenvalue weighted by atomic mass is 16.6. The molecule has 100 valence electrons. The number of aliphatic hydroxyl groups is 1. The fourth-order valence-electron chi connectivity index (χ4n) is 1.52. The van der Waals surface area contributed by atoms with Crippen molar-refractivity contribution in [3.05, 3.63) is 28.3 Å². The van der Waals surface area contributed by atoms with Crippen molar-refractivity contribution in [3.8, 4) is 5.75 Å². The van der Waals surface area contributed by atoms with Crippen LogP contribution in [0.5, 0.6) is 5.75 Å². The van der Waals surface area contributed by atoms with E-state index >= 15 is 0 Å². The largest absolute Gasteiger partial charge is 0.496 e. The molecule has 0 fully saturated rings. The highest BCUT2D eigenvalue weighted by molar-refractivity contribution is 5.63. The number of hydrogen-bond donors (Lipinski definition) is 2. The van der Waals surface area contributed by atoms with Gasteiger partial charge < -0.3 is 15.2 Å². The quantitative estimate of drug-likeness (QED) is 0.575. The maximum Gasteiger partial charge on any atom is 0.296 e. The summed E-state index contributed by atoms with van der Waals surface area (Å²) in [5, 5.41) is 23.3. The van der Waals surface area contributed by atoms with E-state index in [1.165, 1.54) is 13.2 Å². The van der Waals surface area contributed by atoms with Crippen molar-refractivity contribution in [3.63, 3.8) is 0 Å². The average molecular weight is 254 g/mol. The van der Waals surface area contributed by atoms with E-state index in [2.05, 4.69) is 5.32 Å². The van der Waals surface area contributed by atoms with Crippen LogP contribution in [0.25, 0.3) is 0 Å². The lowest BCUT2D eigenvalue weighted by atomic mass is 10.2. The number of nitrogens with zero attached hydrogens (tertiary/aromatic N) is 1. The van der Waals surface area contributed by atoms with Gasteiger partial charge in [0.2, 0.25) is 0 Å². The molecule has 0 radical (unpaired) electrons. The molecule has 0 aliphatic rings.